The van der Waals surface area contributed by atoms with E-state index in [9.17, 15) is 4.79 Å². The number of nitrogens with one attached hydrogen (secondary N) is 1. The van der Waals surface area contributed by atoms with E-state index in [4.69, 9.17) is 14.5 Å². The average molecular weight is 446 g/mol. The van der Waals surface area contributed by atoms with Crippen molar-refractivity contribution >= 4 is 21.6 Å². The second kappa shape index (κ2) is 8.07. The molecule has 2 aromatic carbocycles. The Morgan fingerprint density at radius 1 is 1.06 bits per heavy atom. The summed E-state index contributed by atoms with van der Waals surface area (Å²) in [5.74, 6) is 2.35. The van der Waals surface area contributed by atoms with Crippen molar-refractivity contribution in [3.8, 4) is 21.9 Å². The molecule has 7 heteroatoms. The van der Waals surface area contributed by atoms with Gasteiger partial charge in [0.15, 0.2) is 11.5 Å². The molecule has 4 heterocycles. The molecule has 2 aliphatic heterocycles. The Morgan fingerprint density at radius 2 is 1.91 bits per heavy atom. The number of H-pyrrole nitrogens is 1. The standard InChI is InChI=1S/C25H23N3O3S/c29-24-18-14-22(16-5-2-1-3-6-16)32-25(18)27-23(26-24)15-28-10-4-7-19(28)17-8-9-20-21(13-17)31-12-11-30-20/h1-3,5-6,8-9,13-14,19H,4,7,10-12,15H2,(H,26,27,29)/t19-/m0/s1. The zero-order valence-corrected chi connectivity index (χ0v) is 18.4. The van der Waals surface area contributed by atoms with Gasteiger partial charge in [-0.15, -0.1) is 11.3 Å². The minimum atomic E-state index is -0.0708. The fourth-order valence-corrected chi connectivity index (χ4v) is 5.70. The fourth-order valence-electron chi connectivity index (χ4n) is 4.65. The van der Waals surface area contributed by atoms with Crippen molar-refractivity contribution in [1.82, 2.24) is 14.9 Å². The molecule has 162 valence electrons. The van der Waals surface area contributed by atoms with E-state index in [0.29, 0.717) is 31.0 Å². The molecule has 1 N–H and O–H groups in total. The molecule has 6 rings (SSSR count). The van der Waals surface area contributed by atoms with E-state index in [1.807, 2.05) is 30.3 Å². The topological polar surface area (TPSA) is 67.5 Å². The van der Waals surface area contributed by atoms with Gasteiger partial charge < -0.3 is 14.5 Å². The maximum atomic E-state index is 12.8. The van der Waals surface area contributed by atoms with E-state index in [1.54, 1.807) is 11.3 Å². The zero-order chi connectivity index (χ0) is 21.5. The molecule has 0 radical (unpaired) electrons. The first-order valence-corrected chi connectivity index (χ1v) is 11.8. The molecule has 0 bridgehead atoms. The number of nitrogens with zero attached hydrogens (tertiary/aromatic N) is 2. The number of aromatic amines is 1. The van der Waals surface area contributed by atoms with Crippen LogP contribution in [-0.2, 0) is 6.54 Å². The zero-order valence-electron chi connectivity index (χ0n) is 17.5. The van der Waals surface area contributed by atoms with E-state index in [1.165, 1.54) is 5.56 Å². The smallest absolute Gasteiger partial charge is 0.259 e. The van der Waals surface area contributed by atoms with Crippen LogP contribution in [0.15, 0.2) is 59.4 Å². The summed E-state index contributed by atoms with van der Waals surface area (Å²) < 4.78 is 11.4. The predicted octanol–water partition coefficient (Wildman–Crippen LogP) is 4.76. The summed E-state index contributed by atoms with van der Waals surface area (Å²) in [6.07, 6.45) is 2.19. The Hall–Kier alpha value is -3.16. The van der Waals surface area contributed by atoms with Crippen LogP contribution >= 0.6 is 11.3 Å². The third kappa shape index (κ3) is 3.57. The number of hydrogen-bond donors (Lipinski definition) is 1. The van der Waals surface area contributed by atoms with Gasteiger partial charge in [0.1, 0.15) is 23.9 Å². The SMILES string of the molecule is O=c1[nH]c(CN2CCC[C@H]2c2ccc3c(c2)OCCO3)nc2sc(-c3ccccc3)cc12. The summed E-state index contributed by atoms with van der Waals surface area (Å²) in [6, 6.07) is 18.6. The molecule has 1 saturated heterocycles. The molecule has 1 atom stereocenters. The van der Waals surface area contributed by atoms with E-state index < -0.39 is 0 Å². The van der Waals surface area contributed by atoms with Gasteiger partial charge in [-0.3, -0.25) is 9.69 Å². The van der Waals surface area contributed by atoms with Crippen LogP contribution in [0.1, 0.15) is 30.3 Å². The van der Waals surface area contributed by atoms with Crippen LogP contribution in [0.3, 0.4) is 0 Å². The number of rotatable bonds is 4. The minimum absolute atomic E-state index is 0.0708. The van der Waals surface area contributed by atoms with Gasteiger partial charge in [-0.25, -0.2) is 4.98 Å². The van der Waals surface area contributed by atoms with Crippen LogP contribution in [0.2, 0.25) is 0 Å². The number of likely N-dealkylation sites (tertiary alicyclic amines) is 1. The normalized spacial score (nSPS) is 18.3. The second-order valence-electron chi connectivity index (χ2n) is 8.24. The Bertz CT molecular complexity index is 1330. The number of thiophene rings is 1. The first kappa shape index (κ1) is 19.5. The highest BCUT2D eigenvalue weighted by molar-refractivity contribution is 7.21. The Kier molecular flexibility index (Phi) is 4.92. The van der Waals surface area contributed by atoms with Crippen LogP contribution in [0.4, 0.5) is 0 Å². The number of aromatic nitrogens is 2. The molecule has 6 nitrogen and oxygen atoms in total. The molecule has 0 aliphatic carbocycles. The molecule has 32 heavy (non-hydrogen) atoms. The quantitative estimate of drug-likeness (QED) is 0.491. The molecule has 4 aromatic rings. The Morgan fingerprint density at radius 3 is 2.78 bits per heavy atom. The van der Waals surface area contributed by atoms with Gasteiger partial charge in [0.2, 0.25) is 0 Å². The maximum Gasteiger partial charge on any atom is 0.259 e. The van der Waals surface area contributed by atoms with Crippen LogP contribution in [0.25, 0.3) is 20.7 Å². The van der Waals surface area contributed by atoms with Crippen molar-refractivity contribution < 1.29 is 9.47 Å². The van der Waals surface area contributed by atoms with Crippen molar-refractivity contribution in [3.05, 3.63) is 76.3 Å². The van der Waals surface area contributed by atoms with Gasteiger partial charge in [-0.05, 0) is 48.7 Å². The van der Waals surface area contributed by atoms with Crippen molar-refractivity contribution in [2.24, 2.45) is 0 Å². The van der Waals surface area contributed by atoms with Crippen LogP contribution in [0.5, 0.6) is 11.5 Å². The second-order valence-corrected chi connectivity index (χ2v) is 9.27. The summed E-state index contributed by atoms with van der Waals surface area (Å²) in [5.41, 5.74) is 2.26. The van der Waals surface area contributed by atoms with Crippen molar-refractivity contribution in [2.75, 3.05) is 19.8 Å². The van der Waals surface area contributed by atoms with Crippen molar-refractivity contribution in [3.63, 3.8) is 0 Å². The lowest BCUT2D eigenvalue weighted by molar-refractivity contribution is 0.170. The molecule has 0 saturated carbocycles. The molecular formula is C25H23N3O3S. The molecule has 2 aromatic heterocycles. The minimum Gasteiger partial charge on any atom is -0.486 e. The van der Waals surface area contributed by atoms with Gasteiger partial charge in [-0.2, -0.15) is 0 Å². The summed E-state index contributed by atoms with van der Waals surface area (Å²) in [6.45, 7) is 2.77. The highest BCUT2D eigenvalue weighted by atomic mass is 32.1. The van der Waals surface area contributed by atoms with E-state index in [0.717, 1.165) is 46.2 Å². The molecule has 0 unspecified atom stereocenters. The monoisotopic (exact) mass is 445 g/mol. The molecular weight excluding hydrogens is 422 g/mol. The van der Waals surface area contributed by atoms with Gasteiger partial charge in [0, 0.05) is 10.9 Å². The number of hydrogen-bond acceptors (Lipinski definition) is 6. The van der Waals surface area contributed by atoms with Crippen LogP contribution in [-0.4, -0.2) is 34.6 Å². The fraction of sp³-hybridized carbons (Fsp3) is 0.280. The lowest BCUT2D eigenvalue weighted by Gasteiger charge is -2.26. The molecule has 0 amide bonds. The molecule has 0 spiro atoms. The first-order chi connectivity index (χ1) is 15.7. The lowest BCUT2D eigenvalue weighted by atomic mass is 10.0. The van der Waals surface area contributed by atoms with Crippen molar-refractivity contribution in [1.29, 1.82) is 0 Å². The number of fused-ring (bicyclic) bond motifs is 2. The first-order valence-electron chi connectivity index (χ1n) is 11.0. The highest BCUT2D eigenvalue weighted by Gasteiger charge is 2.28. The van der Waals surface area contributed by atoms with E-state index >= 15 is 0 Å². The molecule has 2 aliphatic rings. The third-order valence-corrected chi connectivity index (χ3v) is 7.26. The average Bonchev–Trinajstić information content (AvgIpc) is 3.47. The number of benzene rings is 2. The molecule has 1 fully saturated rings. The summed E-state index contributed by atoms with van der Waals surface area (Å²) in [7, 11) is 0. The van der Waals surface area contributed by atoms with Crippen LogP contribution in [0, 0.1) is 0 Å². The van der Waals surface area contributed by atoms with Gasteiger partial charge in [0.05, 0.1) is 11.9 Å². The van der Waals surface area contributed by atoms with E-state index in [-0.39, 0.29) is 11.6 Å². The summed E-state index contributed by atoms with van der Waals surface area (Å²) in [4.78, 5) is 24.9. The highest BCUT2D eigenvalue weighted by Crippen LogP contribution is 2.38. The Balaban J connectivity index is 1.28. The Labute approximate surface area is 189 Å². The number of ether oxygens (including phenoxy) is 2. The summed E-state index contributed by atoms with van der Waals surface area (Å²) in [5, 5.41) is 0.655. The predicted molar refractivity (Wildman–Crippen MR) is 125 cm³/mol. The maximum absolute atomic E-state index is 12.8. The van der Waals surface area contributed by atoms with Gasteiger partial charge in [-0.1, -0.05) is 36.4 Å². The summed E-state index contributed by atoms with van der Waals surface area (Å²) >= 11 is 1.57. The van der Waals surface area contributed by atoms with Crippen molar-refractivity contribution in [2.45, 2.75) is 25.4 Å². The lowest BCUT2D eigenvalue weighted by Crippen LogP contribution is -2.25. The largest absolute Gasteiger partial charge is 0.486 e. The van der Waals surface area contributed by atoms with Gasteiger partial charge >= 0.3 is 0 Å². The van der Waals surface area contributed by atoms with Gasteiger partial charge in [0.25, 0.3) is 5.56 Å². The van der Waals surface area contributed by atoms with E-state index in [2.05, 4.69) is 34.1 Å². The third-order valence-electron chi connectivity index (χ3n) is 6.18. The van der Waals surface area contributed by atoms with Crippen LogP contribution < -0.4 is 15.0 Å².